The molecule has 0 fully saturated rings. The minimum absolute atomic E-state index is 0.0662. The average molecular weight is 364 g/mol. The van der Waals surface area contributed by atoms with Crippen LogP contribution in [0.4, 0.5) is 10.5 Å². The van der Waals surface area contributed by atoms with E-state index in [1.165, 1.54) is 10.2 Å². The zero-order valence-electron chi connectivity index (χ0n) is 16.0. The van der Waals surface area contributed by atoms with E-state index in [1.807, 2.05) is 42.5 Å². The molecule has 27 heavy (non-hydrogen) atoms. The Kier molecular flexibility index (Phi) is 4.99. The zero-order valence-corrected chi connectivity index (χ0v) is 16.0. The summed E-state index contributed by atoms with van der Waals surface area (Å²) in [7, 11) is 1.61. The molecule has 140 valence electrons. The zero-order chi connectivity index (χ0) is 19.6. The number of urea groups is 1. The number of anilines is 1. The Balaban J connectivity index is 1.70. The number of hydrogen-bond acceptors (Lipinski definition) is 3. The SMILES string of the molecule is Cn1nc(CNC(=O)Nc2ccc(C(C)(C)C)cc2)c2ccccc2c1=O. The fraction of sp³-hybridized carbons (Fsp3) is 0.286. The lowest BCUT2D eigenvalue weighted by molar-refractivity contribution is 0.251. The molecule has 3 rings (SSSR count). The van der Waals surface area contributed by atoms with Crippen molar-refractivity contribution in [2.75, 3.05) is 5.32 Å². The Labute approximate surface area is 158 Å². The second-order valence-electron chi connectivity index (χ2n) is 7.56. The Morgan fingerprint density at radius 3 is 2.30 bits per heavy atom. The molecule has 0 saturated carbocycles. The molecule has 0 unspecified atom stereocenters. The van der Waals surface area contributed by atoms with E-state index in [1.54, 1.807) is 13.1 Å². The monoisotopic (exact) mass is 364 g/mol. The molecule has 1 heterocycles. The highest BCUT2D eigenvalue weighted by molar-refractivity contribution is 5.90. The number of benzene rings is 2. The molecule has 0 aliphatic heterocycles. The summed E-state index contributed by atoms with van der Waals surface area (Å²) in [4.78, 5) is 24.4. The van der Waals surface area contributed by atoms with Crippen LogP contribution in [0.3, 0.4) is 0 Å². The van der Waals surface area contributed by atoms with Gasteiger partial charge < -0.3 is 10.6 Å². The Hall–Kier alpha value is -3.15. The van der Waals surface area contributed by atoms with Gasteiger partial charge in [-0.05, 0) is 29.2 Å². The maximum Gasteiger partial charge on any atom is 0.319 e. The number of amides is 2. The second kappa shape index (κ2) is 7.23. The summed E-state index contributed by atoms with van der Waals surface area (Å²) in [6, 6.07) is 14.7. The molecule has 0 atom stereocenters. The third-order valence-corrected chi connectivity index (χ3v) is 4.46. The van der Waals surface area contributed by atoms with E-state index in [-0.39, 0.29) is 23.6 Å². The number of rotatable bonds is 3. The highest BCUT2D eigenvalue weighted by Crippen LogP contribution is 2.23. The van der Waals surface area contributed by atoms with Gasteiger partial charge in [-0.1, -0.05) is 51.1 Å². The summed E-state index contributed by atoms with van der Waals surface area (Å²) in [5, 5.41) is 11.2. The first-order valence-corrected chi connectivity index (χ1v) is 8.86. The van der Waals surface area contributed by atoms with Crippen LogP contribution < -0.4 is 16.2 Å². The van der Waals surface area contributed by atoms with Crippen molar-refractivity contribution in [3.05, 3.63) is 70.1 Å². The summed E-state index contributed by atoms with van der Waals surface area (Å²) in [5.74, 6) is 0. The third kappa shape index (κ3) is 4.16. The van der Waals surface area contributed by atoms with E-state index in [9.17, 15) is 9.59 Å². The summed E-state index contributed by atoms with van der Waals surface area (Å²) < 4.78 is 1.29. The summed E-state index contributed by atoms with van der Waals surface area (Å²) in [5.41, 5.74) is 2.48. The van der Waals surface area contributed by atoms with Crippen molar-refractivity contribution in [3.63, 3.8) is 0 Å². The van der Waals surface area contributed by atoms with Gasteiger partial charge in [-0.3, -0.25) is 4.79 Å². The van der Waals surface area contributed by atoms with Gasteiger partial charge in [-0.25, -0.2) is 9.48 Å². The van der Waals surface area contributed by atoms with E-state index in [0.717, 1.165) is 11.1 Å². The van der Waals surface area contributed by atoms with Crippen LogP contribution in [-0.2, 0) is 19.0 Å². The Morgan fingerprint density at radius 2 is 1.67 bits per heavy atom. The van der Waals surface area contributed by atoms with Crippen LogP contribution in [0.1, 0.15) is 32.0 Å². The molecular weight excluding hydrogens is 340 g/mol. The van der Waals surface area contributed by atoms with Crippen molar-refractivity contribution in [1.82, 2.24) is 15.1 Å². The van der Waals surface area contributed by atoms with Crippen molar-refractivity contribution in [3.8, 4) is 0 Å². The predicted octanol–water partition coefficient (Wildman–Crippen LogP) is 3.55. The Morgan fingerprint density at radius 1 is 1.04 bits per heavy atom. The molecule has 3 aromatic rings. The van der Waals surface area contributed by atoms with Crippen molar-refractivity contribution in [2.24, 2.45) is 7.05 Å². The van der Waals surface area contributed by atoms with E-state index < -0.39 is 0 Å². The van der Waals surface area contributed by atoms with E-state index in [2.05, 4.69) is 36.5 Å². The lowest BCUT2D eigenvalue weighted by atomic mass is 9.87. The van der Waals surface area contributed by atoms with Crippen LogP contribution in [0.5, 0.6) is 0 Å². The number of nitrogens with one attached hydrogen (secondary N) is 2. The molecular formula is C21H24N4O2. The number of fused-ring (bicyclic) bond motifs is 1. The Bertz CT molecular complexity index is 1030. The first kappa shape index (κ1) is 18.6. The van der Waals surface area contributed by atoms with Crippen LogP contribution in [0.25, 0.3) is 10.8 Å². The van der Waals surface area contributed by atoms with Gasteiger partial charge in [-0.2, -0.15) is 5.10 Å². The first-order valence-electron chi connectivity index (χ1n) is 8.86. The maximum absolute atomic E-state index is 12.2. The number of carbonyl (C=O) groups excluding carboxylic acids is 1. The van der Waals surface area contributed by atoms with Crippen LogP contribution >= 0.6 is 0 Å². The quantitative estimate of drug-likeness (QED) is 0.746. The molecule has 2 aromatic carbocycles. The topological polar surface area (TPSA) is 76.0 Å². The third-order valence-electron chi connectivity index (χ3n) is 4.46. The van der Waals surface area contributed by atoms with Gasteiger partial charge in [0.15, 0.2) is 0 Å². The lowest BCUT2D eigenvalue weighted by Gasteiger charge is -2.19. The average Bonchev–Trinajstić information content (AvgIpc) is 2.63. The van der Waals surface area contributed by atoms with Gasteiger partial charge >= 0.3 is 6.03 Å². The number of nitrogens with zero attached hydrogens (tertiary/aromatic N) is 2. The smallest absolute Gasteiger partial charge is 0.319 e. The number of hydrogen-bond donors (Lipinski definition) is 2. The van der Waals surface area contributed by atoms with Gasteiger partial charge in [0.25, 0.3) is 5.56 Å². The predicted molar refractivity (Wildman–Crippen MR) is 108 cm³/mol. The second-order valence-corrected chi connectivity index (χ2v) is 7.56. The van der Waals surface area contributed by atoms with Crippen LogP contribution in [0.2, 0.25) is 0 Å². The molecule has 0 radical (unpaired) electrons. The van der Waals surface area contributed by atoms with Gasteiger partial charge in [0.2, 0.25) is 0 Å². The number of aromatic nitrogens is 2. The maximum atomic E-state index is 12.2. The molecule has 0 aliphatic carbocycles. The molecule has 1 aromatic heterocycles. The molecule has 0 spiro atoms. The van der Waals surface area contributed by atoms with Gasteiger partial charge in [0.05, 0.1) is 17.6 Å². The highest BCUT2D eigenvalue weighted by atomic mass is 16.2. The van der Waals surface area contributed by atoms with Crippen LogP contribution in [0.15, 0.2) is 53.3 Å². The van der Waals surface area contributed by atoms with Crippen molar-refractivity contribution < 1.29 is 4.79 Å². The van der Waals surface area contributed by atoms with Crippen LogP contribution in [0, 0.1) is 0 Å². The number of aryl methyl sites for hydroxylation is 1. The van der Waals surface area contributed by atoms with E-state index >= 15 is 0 Å². The van der Waals surface area contributed by atoms with Gasteiger partial charge in [0, 0.05) is 18.1 Å². The molecule has 2 N–H and O–H groups in total. The minimum Gasteiger partial charge on any atom is -0.332 e. The lowest BCUT2D eigenvalue weighted by Crippen LogP contribution is -2.30. The molecule has 0 aliphatic rings. The van der Waals surface area contributed by atoms with E-state index in [4.69, 9.17) is 0 Å². The van der Waals surface area contributed by atoms with Crippen molar-refractivity contribution >= 4 is 22.5 Å². The minimum atomic E-state index is -0.321. The fourth-order valence-corrected chi connectivity index (χ4v) is 2.90. The largest absolute Gasteiger partial charge is 0.332 e. The first-order chi connectivity index (χ1) is 12.8. The summed E-state index contributed by atoms with van der Waals surface area (Å²) >= 11 is 0. The van der Waals surface area contributed by atoms with E-state index in [0.29, 0.717) is 11.1 Å². The normalized spacial score (nSPS) is 11.4. The standard InChI is InChI=1S/C21H24N4O2/c1-21(2,3)14-9-11-15(12-10-14)23-20(27)22-13-18-16-7-5-6-8-17(16)19(26)25(4)24-18/h5-12H,13H2,1-4H3,(H2,22,23,27). The molecule has 6 heteroatoms. The molecule has 6 nitrogen and oxygen atoms in total. The fourth-order valence-electron chi connectivity index (χ4n) is 2.90. The number of carbonyl (C=O) groups is 1. The van der Waals surface area contributed by atoms with Gasteiger partial charge in [0.1, 0.15) is 0 Å². The van der Waals surface area contributed by atoms with Crippen LogP contribution in [-0.4, -0.2) is 15.8 Å². The summed E-state index contributed by atoms with van der Waals surface area (Å²) in [6.07, 6.45) is 0. The molecule has 2 amide bonds. The molecule has 0 bridgehead atoms. The van der Waals surface area contributed by atoms with Crippen molar-refractivity contribution in [1.29, 1.82) is 0 Å². The molecule has 0 saturated heterocycles. The van der Waals surface area contributed by atoms with Gasteiger partial charge in [-0.15, -0.1) is 0 Å². The summed E-state index contributed by atoms with van der Waals surface area (Å²) in [6.45, 7) is 6.66. The van der Waals surface area contributed by atoms with Crippen molar-refractivity contribution in [2.45, 2.75) is 32.7 Å². The highest BCUT2D eigenvalue weighted by Gasteiger charge is 2.13.